The van der Waals surface area contributed by atoms with Crippen LogP contribution in [0, 0.1) is 5.82 Å². The lowest BCUT2D eigenvalue weighted by Crippen LogP contribution is -2.39. The molecule has 4 nitrogen and oxygen atoms in total. The van der Waals surface area contributed by atoms with Crippen LogP contribution in [0.1, 0.15) is 0 Å². The number of hydrogen-bond acceptors (Lipinski definition) is 4. The molecule has 0 aliphatic rings. The number of nitrogens with zero attached hydrogens (tertiary/aromatic N) is 2. The van der Waals surface area contributed by atoms with E-state index in [1.807, 2.05) is 0 Å². The van der Waals surface area contributed by atoms with Crippen LogP contribution in [0.15, 0.2) is 18.2 Å². The molecule has 2 aromatic rings. The van der Waals surface area contributed by atoms with Crippen molar-refractivity contribution in [2.75, 3.05) is 25.0 Å². The van der Waals surface area contributed by atoms with Crippen molar-refractivity contribution in [1.29, 1.82) is 0 Å². The van der Waals surface area contributed by atoms with Gasteiger partial charge in [-0.3, -0.25) is 4.79 Å². The van der Waals surface area contributed by atoms with E-state index in [4.69, 9.17) is 0 Å². The number of hydrogen-bond donors (Lipinski definition) is 1. The number of carbonyl (C=O) groups excluding carboxylic acids is 1. The van der Waals surface area contributed by atoms with Gasteiger partial charge in [0.15, 0.2) is 5.13 Å². The summed E-state index contributed by atoms with van der Waals surface area (Å²) in [5, 5.41) is 2.12. The number of carbonyl (C=O) groups is 1. The van der Waals surface area contributed by atoms with Crippen molar-refractivity contribution in [3.05, 3.63) is 24.0 Å². The molecule has 0 atom stereocenters. The molecule has 0 radical (unpaired) electrons. The Hall–Kier alpha value is -1.90. The normalized spacial score (nSPS) is 11.7. The molecule has 9 heteroatoms. The summed E-state index contributed by atoms with van der Waals surface area (Å²) in [6.07, 6.45) is -4.45. The molecule has 1 aromatic carbocycles. The lowest BCUT2D eigenvalue weighted by atomic mass is 10.3. The third-order valence-electron chi connectivity index (χ3n) is 2.55. The first-order chi connectivity index (χ1) is 9.76. The lowest BCUT2D eigenvalue weighted by Gasteiger charge is -2.15. The number of aromatic nitrogens is 1. The van der Waals surface area contributed by atoms with Crippen LogP contribution in [-0.4, -0.2) is 37.2 Å². The van der Waals surface area contributed by atoms with Crippen LogP contribution in [-0.2, 0) is 4.79 Å². The molecule has 0 aliphatic heterocycles. The fourth-order valence-electron chi connectivity index (χ4n) is 1.60. The minimum atomic E-state index is -4.45. The average molecular weight is 321 g/mol. The molecule has 21 heavy (non-hydrogen) atoms. The fourth-order valence-corrected chi connectivity index (χ4v) is 2.54. The molecule has 0 bridgehead atoms. The van der Waals surface area contributed by atoms with Crippen LogP contribution >= 0.6 is 11.3 Å². The molecule has 0 aliphatic carbocycles. The highest BCUT2D eigenvalue weighted by Crippen LogP contribution is 2.29. The van der Waals surface area contributed by atoms with Crippen molar-refractivity contribution < 1.29 is 22.4 Å². The molecule has 114 valence electrons. The van der Waals surface area contributed by atoms with Gasteiger partial charge in [-0.25, -0.2) is 9.37 Å². The summed E-state index contributed by atoms with van der Waals surface area (Å²) in [5.74, 6) is -1.26. The van der Waals surface area contributed by atoms with E-state index >= 15 is 0 Å². The monoisotopic (exact) mass is 321 g/mol. The van der Waals surface area contributed by atoms with Gasteiger partial charge in [0.2, 0.25) is 5.91 Å². The summed E-state index contributed by atoms with van der Waals surface area (Å²) >= 11 is 1.16. The summed E-state index contributed by atoms with van der Waals surface area (Å²) in [6, 6.07) is 4.48. The van der Waals surface area contributed by atoms with E-state index in [0.29, 0.717) is 9.83 Å². The van der Waals surface area contributed by atoms with E-state index in [1.54, 1.807) is 11.4 Å². The van der Waals surface area contributed by atoms with Crippen molar-refractivity contribution in [3.8, 4) is 0 Å². The third kappa shape index (κ3) is 4.03. The molecule has 0 saturated carbocycles. The SMILES string of the molecule is CN(CC(=O)NCC(F)(F)F)c1nc2c(F)cccc2s1. The van der Waals surface area contributed by atoms with Crippen molar-refractivity contribution in [3.63, 3.8) is 0 Å². The van der Waals surface area contributed by atoms with Gasteiger partial charge in [-0.05, 0) is 12.1 Å². The van der Waals surface area contributed by atoms with Gasteiger partial charge in [0, 0.05) is 7.05 Å². The van der Waals surface area contributed by atoms with E-state index in [0.717, 1.165) is 11.3 Å². The fraction of sp³-hybridized carbons (Fsp3) is 0.333. The van der Waals surface area contributed by atoms with Crippen LogP contribution in [0.2, 0.25) is 0 Å². The minimum absolute atomic E-state index is 0.181. The maximum Gasteiger partial charge on any atom is 0.405 e. The second-order valence-electron chi connectivity index (χ2n) is 4.33. The number of rotatable bonds is 4. The molecule has 2 rings (SSSR count). The first kappa shape index (κ1) is 15.5. The van der Waals surface area contributed by atoms with E-state index in [9.17, 15) is 22.4 Å². The van der Waals surface area contributed by atoms with Crippen LogP contribution in [0.4, 0.5) is 22.7 Å². The number of benzene rings is 1. The summed E-state index contributed by atoms with van der Waals surface area (Å²) in [6.45, 7) is -1.67. The third-order valence-corrected chi connectivity index (χ3v) is 3.69. The van der Waals surface area contributed by atoms with Crippen LogP contribution < -0.4 is 10.2 Å². The molecule has 0 saturated heterocycles. The van der Waals surface area contributed by atoms with E-state index in [-0.39, 0.29) is 12.1 Å². The molecule has 0 fully saturated rings. The zero-order valence-corrected chi connectivity index (χ0v) is 11.7. The van der Waals surface area contributed by atoms with Gasteiger partial charge in [-0.2, -0.15) is 13.2 Å². The predicted molar refractivity (Wildman–Crippen MR) is 71.9 cm³/mol. The van der Waals surface area contributed by atoms with E-state index in [2.05, 4.69) is 4.98 Å². The van der Waals surface area contributed by atoms with Gasteiger partial charge < -0.3 is 10.2 Å². The highest BCUT2D eigenvalue weighted by molar-refractivity contribution is 7.22. The van der Waals surface area contributed by atoms with Crippen LogP contribution in [0.25, 0.3) is 10.2 Å². The first-order valence-electron chi connectivity index (χ1n) is 5.86. The molecular weight excluding hydrogens is 310 g/mol. The van der Waals surface area contributed by atoms with Crippen molar-refractivity contribution in [2.24, 2.45) is 0 Å². The largest absolute Gasteiger partial charge is 0.405 e. The molecular formula is C12H11F4N3OS. The second kappa shape index (κ2) is 5.84. The number of halogens is 4. The molecule has 0 spiro atoms. The Labute approximate surface area is 121 Å². The first-order valence-corrected chi connectivity index (χ1v) is 6.67. The van der Waals surface area contributed by atoms with Gasteiger partial charge in [-0.15, -0.1) is 0 Å². The maximum absolute atomic E-state index is 13.5. The Balaban J connectivity index is 2.03. The lowest BCUT2D eigenvalue weighted by molar-refractivity contribution is -0.137. The van der Waals surface area contributed by atoms with Gasteiger partial charge in [0.25, 0.3) is 0 Å². The highest BCUT2D eigenvalue weighted by atomic mass is 32.1. The number of nitrogens with one attached hydrogen (secondary N) is 1. The average Bonchev–Trinajstić information content (AvgIpc) is 2.81. The molecule has 1 aromatic heterocycles. The Morgan fingerprint density at radius 2 is 2.14 bits per heavy atom. The smallest absolute Gasteiger partial charge is 0.345 e. The topological polar surface area (TPSA) is 45.2 Å². The van der Waals surface area contributed by atoms with Crippen molar-refractivity contribution in [1.82, 2.24) is 10.3 Å². The molecule has 1 N–H and O–H groups in total. The molecule has 0 unspecified atom stereocenters. The minimum Gasteiger partial charge on any atom is -0.345 e. The summed E-state index contributed by atoms with van der Waals surface area (Å²) in [4.78, 5) is 16.8. The zero-order valence-electron chi connectivity index (χ0n) is 10.9. The van der Waals surface area contributed by atoms with E-state index < -0.39 is 24.4 Å². The van der Waals surface area contributed by atoms with Crippen LogP contribution in [0.5, 0.6) is 0 Å². The summed E-state index contributed by atoms with van der Waals surface area (Å²) < 4.78 is 50.0. The number of amides is 1. The Morgan fingerprint density at radius 1 is 1.43 bits per heavy atom. The zero-order chi connectivity index (χ0) is 15.6. The Bertz CT molecular complexity index is 655. The standard InChI is InChI=1S/C12H11F4N3OS/c1-19(5-9(20)17-6-12(14,15)16)11-18-10-7(13)3-2-4-8(10)21-11/h2-4H,5-6H2,1H3,(H,17,20). The predicted octanol–water partition coefficient (Wildman–Crippen LogP) is 2.55. The number of fused-ring (bicyclic) bond motifs is 1. The quantitative estimate of drug-likeness (QED) is 0.880. The van der Waals surface area contributed by atoms with Crippen LogP contribution in [0.3, 0.4) is 0 Å². The second-order valence-corrected chi connectivity index (χ2v) is 5.34. The Morgan fingerprint density at radius 3 is 2.76 bits per heavy atom. The Kier molecular flexibility index (Phi) is 4.31. The number of anilines is 1. The highest BCUT2D eigenvalue weighted by Gasteiger charge is 2.28. The van der Waals surface area contributed by atoms with Crippen molar-refractivity contribution >= 4 is 32.6 Å². The van der Waals surface area contributed by atoms with Gasteiger partial charge in [0.05, 0.1) is 11.2 Å². The van der Waals surface area contributed by atoms with Crippen molar-refractivity contribution in [2.45, 2.75) is 6.18 Å². The number of alkyl halides is 3. The maximum atomic E-state index is 13.5. The van der Waals surface area contributed by atoms with Gasteiger partial charge >= 0.3 is 6.18 Å². The number of likely N-dealkylation sites (N-methyl/N-ethyl adjacent to an activating group) is 1. The summed E-state index contributed by atoms with van der Waals surface area (Å²) in [5.41, 5.74) is 0.181. The van der Waals surface area contributed by atoms with Gasteiger partial charge in [0.1, 0.15) is 17.9 Å². The van der Waals surface area contributed by atoms with E-state index in [1.165, 1.54) is 24.1 Å². The molecule has 1 amide bonds. The van der Waals surface area contributed by atoms with Gasteiger partial charge in [-0.1, -0.05) is 17.4 Å². The molecule has 1 heterocycles. The summed E-state index contributed by atoms with van der Waals surface area (Å²) in [7, 11) is 1.50. The number of thiazole rings is 1. The number of para-hydroxylation sites is 1.